The minimum atomic E-state index is 0.599. The van der Waals surface area contributed by atoms with Crippen molar-refractivity contribution in [3.05, 3.63) is 30.1 Å². The van der Waals surface area contributed by atoms with Crippen molar-refractivity contribution in [3.63, 3.8) is 0 Å². The molecule has 1 aromatic carbocycles. The van der Waals surface area contributed by atoms with Gasteiger partial charge in [0.15, 0.2) is 0 Å². The van der Waals surface area contributed by atoms with Crippen LogP contribution in [0.1, 0.15) is 25.6 Å². The van der Waals surface area contributed by atoms with E-state index in [2.05, 4.69) is 47.7 Å². The first-order valence-corrected chi connectivity index (χ1v) is 5.22. The summed E-state index contributed by atoms with van der Waals surface area (Å²) in [6, 6.07) is 8.40. The standard InChI is InChI=1S/C12H14N2/c1-8-7-14-11-6-4-3-5-10(11)13-12(14)9(8)2/h3-6,8-9H,7H2,1-2H3/t8-,9-/m1/s1. The van der Waals surface area contributed by atoms with Crippen LogP contribution < -0.4 is 0 Å². The second-order valence-electron chi connectivity index (χ2n) is 4.34. The molecule has 2 aromatic rings. The van der Waals surface area contributed by atoms with Gasteiger partial charge in [0.1, 0.15) is 5.82 Å². The Morgan fingerprint density at radius 1 is 1.29 bits per heavy atom. The molecule has 2 nitrogen and oxygen atoms in total. The lowest BCUT2D eigenvalue weighted by Gasteiger charge is -2.05. The van der Waals surface area contributed by atoms with E-state index in [9.17, 15) is 0 Å². The third kappa shape index (κ3) is 0.884. The molecule has 2 heteroatoms. The lowest BCUT2D eigenvalue weighted by atomic mass is 9.99. The van der Waals surface area contributed by atoms with Gasteiger partial charge in [-0.25, -0.2) is 4.98 Å². The smallest absolute Gasteiger partial charge is 0.113 e. The summed E-state index contributed by atoms with van der Waals surface area (Å²) in [5.74, 6) is 2.59. The van der Waals surface area contributed by atoms with Gasteiger partial charge in [0.25, 0.3) is 0 Å². The normalized spacial score (nSPS) is 25.6. The molecule has 0 aliphatic carbocycles. The summed E-state index contributed by atoms with van der Waals surface area (Å²) >= 11 is 0. The highest BCUT2D eigenvalue weighted by Crippen LogP contribution is 2.34. The van der Waals surface area contributed by atoms with Gasteiger partial charge in [-0.3, -0.25) is 0 Å². The van der Waals surface area contributed by atoms with Gasteiger partial charge in [-0.2, -0.15) is 0 Å². The van der Waals surface area contributed by atoms with E-state index in [0.29, 0.717) is 5.92 Å². The van der Waals surface area contributed by atoms with Crippen LogP contribution in [0.15, 0.2) is 24.3 Å². The lowest BCUT2D eigenvalue weighted by Crippen LogP contribution is -2.00. The maximum Gasteiger partial charge on any atom is 0.113 e. The molecule has 3 rings (SSSR count). The Labute approximate surface area is 83.6 Å². The number of nitrogens with zero attached hydrogens (tertiary/aromatic N) is 2. The molecule has 72 valence electrons. The Morgan fingerprint density at radius 2 is 2.07 bits per heavy atom. The van der Waals surface area contributed by atoms with Gasteiger partial charge < -0.3 is 4.57 Å². The first kappa shape index (κ1) is 8.04. The molecular weight excluding hydrogens is 172 g/mol. The van der Waals surface area contributed by atoms with Gasteiger partial charge in [0.2, 0.25) is 0 Å². The van der Waals surface area contributed by atoms with E-state index in [0.717, 1.165) is 18.0 Å². The number of imidazole rings is 1. The molecular formula is C12H14N2. The van der Waals surface area contributed by atoms with Gasteiger partial charge in [0, 0.05) is 12.5 Å². The van der Waals surface area contributed by atoms with Crippen LogP contribution in [-0.2, 0) is 6.54 Å². The van der Waals surface area contributed by atoms with E-state index in [4.69, 9.17) is 0 Å². The van der Waals surface area contributed by atoms with Crippen LogP contribution in [0.3, 0.4) is 0 Å². The minimum absolute atomic E-state index is 0.599. The van der Waals surface area contributed by atoms with E-state index < -0.39 is 0 Å². The van der Waals surface area contributed by atoms with E-state index in [1.807, 2.05) is 0 Å². The van der Waals surface area contributed by atoms with Crippen molar-refractivity contribution in [1.82, 2.24) is 9.55 Å². The SMILES string of the molecule is C[C@@H]1Cn2c(nc3ccccc32)[C@@H]1C. The number of fused-ring (bicyclic) bond motifs is 3. The van der Waals surface area contributed by atoms with Crippen LogP contribution in [0, 0.1) is 5.92 Å². The Balaban J connectivity index is 2.31. The zero-order valence-corrected chi connectivity index (χ0v) is 8.57. The molecule has 2 atom stereocenters. The van der Waals surface area contributed by atoms with Gasteiger partial charge in [-0.15, -0.1) is 0 Å². The maximum atomic E-state index is 4.69. The average Bonchev–Trinajstić information content (AvgIpc) is 2.67. The van der Waals surface area contributed by atoms with E-state index in [1.165, 1.54) is 11.3 Å². The third-order valence-electron chi connectivity index (χ3n) is 3.42. The minimum Gasteiger partial charge on any atom is -0.327 e. The van der Waals surface area contributed by atoms with Crippen molar-refractivity contribution in [2.45, 2.75) is 26.3 Å². The monoisotopic (exact) mass is 186 g/mol. The first-order chi connectivity index (χ1) is 6.77. The summed E-state index contributed by atoms with van der Waals surface area (Å²) in [6.45, 7) is 5.69. The summed E-state index contributed by atoms with van der Waals surface area (Å²) in [5, 5.41) is 0. The Morgan fingerprint density at radius 3 is 2.93 bits per heavy atom. The first-order valence-electron chi connectivity index (χ1n) is 5.22. The molecule has 0 spiro atoms. The van der Waals surface area contributed by atoms with Crippen LogP contribution in [0.5, 0.6) is 0 Å². The van der Waals surface area contributed by atoms with Crippen LogP contribution in [-0.4, -0.2) is 9.55 Å². The number of aromatic nitrogens is 2. The molecule has 1 aromatic heterocycles. The van der Waals surface area contributed by atoms with Crippen molar-refractivity contribution in [2.75, 3.05) is 0 Å². The fourth-order valence-corrected chi connectivity index (χ4v) is 2.33. The molecule has 0 amide bonds. The fourth-order valence-electron chi connectivity index (χ4n) is 2.33. The predicted octanol–water partition coefficient (Wildman–Crippen LogP) is 2.79. The van der Waals surface area contributed by atoms with Crippen molar-refractivity contribution in [1.29, 1.82) is 0 Å². The molecule has 1 aliphatic rings. The molecule has 1 aliphatic heterocycles. The van der Waals surface area contributed by atoms with E-state index in [1.54, 1.807) is 0 Å². The summed E-state index contributed by atoms with van der Waals surface area (Å²) in [5.41, 5.74) is 2.43. The van der Waals surface area contributed by atoms with Crippen LogP contribution >= 0.6 is 0 Å². The topological polar surface area (TPSA) is 17.8 Å². The van der Waals surface area contributed by atoms with Crippen molar-refractivity contribution < 1.29 is 0 Å². The fraction of sp³-hybridized carbons (Fsp3) is 0.417. The van der Waals surface area contributed by atoms with Crippen molar-refractivity contribution >= 4 is 11.0 Å². The number of benzene rings is 1. The number of para-hydroxylation sites is 2. The Kier molecular flexibility index (Phi) is 1.49. The largest absolute Gasteiger partial charge is 0.327 e. The molecule has 0 bridgehead atoms. The summed E-state index contributed by atoms with van der Waals surface area (Å²) in [6.07, 6.45) is 0. The van der Waals surface area contributed by atoms with Crippen LogP contribution in [0.2, 0.25) is 0 Å². The highest BCUT2D eigenvalue weighted by atomic mass is 15.1. The van der Waals surface area contributed by atoms with Gasteiger partial charge in [-0.05, 0) is 18.1 Å². The van der Waals surface area contributed by atoms with Crippen molar-refractivity contribution in [2.24, 2.45) is 5.92 Å². The summed E-state index contributed by atoms with van der Waals surface area (Å²) < 4.78 is 2.37. The molecule has 0 unspecified atom stereocenters. The lowest BCUT2D eigenvalue weighted by molar-refractivity contribution is 0.503. The van der Waals surface area contributed by atoms with Gasteiger partial charge in [-0.1, -0.05) is 26.0 Å². The Hall–Kier alpha value is -1.31. The maximum absolute atomic E-state index is 4.69. The number of hydrogen-bond donors (Lipinski definition) is 0. The zero-order valence-electron chi connectivity index (χ0n) is 8.57. The molecule has 2 heterocycles. The van der Waals surface area contributed by atoms with Gasteiger partial charge in [0.05, 0.1) is 11.0 Å². The molecule has 0 N–H and O–H groups in total. The third-order valence-corrected chi connectivity index (χ3v) is 3.42. The molecule has 14 heavy (non-hydrogen) atoms. The van der Waals surface area contributed by atoms with E-state index in [-0.39, 0.29) is 0 Å². The highest BCUT2D eigenvalue weighted by Gasteiger charge is 2.28. The molecule has 0 saturated heterocycles. The predicted molar refractivity (Wildman–Crippen MR) is 57.3 cm³/mol. The zero-order chi connectivity index (χ0) is 9.71. The highest BCUT2D eigenvalue weighted by molar-refractivity contribution is 5.76. The van der Waals surface area contributed by atoms with Crippen molar-refractivity contribution in [3.8, 4) is 0 Å². The molecule has 0 fully saturated rings. The molecule has 0 radical (unpaired) electrons. The number of hydrogen-bond acceptors (Lipinski definition) is 1. The second kappa shape index (κ2) is 2.59. The second-order valence-corrected chi connectivity index (χ2v) is 4.34. The van der Waals surface area contributed by atoms with Gasteiger partial charge >= 0.3 is 0 Å². The summed E-state index contributed by atoms with van der Waals surface area (Å²) in [4.78, 5) is 4.69. The average molecular weight is 186 g/mol. The number of rotatable bonds is 0. The van der Waals surface area contributed by atoms with Crippen LogP contribution in [0.4, 0.5) is 0 Å². The molecule has 0 saturated carbocycles. The quantitative estimate of drug-likeness (QED) is 0.618. The summed E-state index contributed by atoms with van der Waals surface area (Å²) in [7, 11) is 0. The Bertz CT molecular complexity index is 484. The van der Waals surface area contributed by atoms with Crippen LogP contribution in [0.25, 0.3) is 11.0 Å². The van der Waals surface area contributed by atoms with E-state index >= 15 is 0 Å².